The predicted molar refractivity (Wildman–Crippen MR) is 133 cm³/mol. The van der Waals surface area contributed by atoms with Gasteiger partial charge in [-0.3, -0.25) is 9.69 Å². The minimum absolute atomic E-state index is 0.263. The number of ether oxygens (including phenoxy) is 2. The van der Waals surface area contributed by atoms with E-state index in [2.05, 4.69) is 4.98 Å². The number of rotatable bonds is 9. The van der Waals surface area contributed by atoms with Crippen LogP contribution in [0.5, 0.6) is 0 Å². The Balaban J connectivity index is 1.49. The van der Waals surface area contributed by atoms with Crippen LogP contribution in [0.25, 0.3) is 11.3 Å². The van der Waals surface area contributed by atoms with Crippen molar-refractivity contribution >= 4 is 28.3 Å². The molecule has 4 rings (SSSR count). The first kappa shape index (κ1) is 24.3. The Morgan fingerprint density at radius 2 is 1.66 bits per heavy atom. The average molecular weight is 491 g/mol. The Kier molecular flexibility index (Phi) is 7.97. The summed E-state index contributed by atoms with van der Waals surface area (Å²) in [6.45, 7) is 0.270. The minimum atomic E-state index is -0.590. The van der Waals surface area contributed by atoms with Crippen molar-refractivity contribution in [3.8, 4) is 11.3 Å². The maximum atomic E-state index is 13.3. The number of hydrogen-bond donors (Lipinski definition) is 0. The Morgan fingerprint density at radius 3 is 2.34 bits per heavy atom. The molecular formula is C27H23FN2O4S. The molecular weight excluding hydrogens is 467 g/mol. The van der Waals surface area contributed by atoms with Gasteiger partial charge in [-0.15, -0.1) is 11.3 Å². The number of anilines is 1. The molecule has 4 aromatic rings. The Hall–Kier alpha value is -3.88. The summed E-state index contributed by atoms with van der Waals surface area (Å²) in [5, 5.41) is 2.26. The molecule has 1 aromatic heterocycles. The third-order valence-corrected chi connectivity index (χ3v) is 6.04. The van der Waals surface area contributed by atoms with Crippen molar-refractivity contribution in [2.45, 2.75) is 13.2 Å². The van der Waals surface area contributed by atoms with E-state index in [0.717, 1.165) is 16.7 Å². The lowest BCUT2D eigenvalue weighted by atomic mass is 10.1. The fraction of sp³-hybridized carbons (Fsp3) is 0.148. The maximum absolute atomic E-state index is 13.3. The SMILES string of the molecule is COCc1ccc(C(=O)OCC(=O)N(Cc2ccccc2)c2nc(-c3ccc(F)cc3)cs2)cc1. The molecule has 0 aliphatic carbocycles. The summed E-state index contributed by atoms with van der Waals surface area (Å²) in [4.78, 5) is 31.7. The molecule has 0 bridgehead atoms. The third kappa shape index (κ3) is 6.38. The molecule has 3 aromatic carbocycles. The Morgan fingerprint density at radius 1 is 0.943 bits per heavy atom. The van der Waals surface area contributed by atoms with Crippen molar-refractivity contribution in [1.82, 2.24) is 4.98 Å². The van der Waals surface area contributed by atoms with Gasteiger partial charge in [-0.2, -0.15) is 0 Å². The number of aromatic nitrogens is 1. The molecule has 0 saturated heterocycles. The van der Waals surface area contributed by atoms with Crippen LogP contribution in [-0.4, -0.2) is 30.6 Å². The van der Waals surface area contributed by atoms with Gasteiger partial charge in [-0.1, -0.05) is 42.5 Å². The molecule has 0 unspecified atom stereocenters. The van der Waals surface area contributed by atoms with Crippen LogP contribution in [0.2, 0.25) is 0 Å². The third-order valence-electron chi connectivity index (χ3n) is 5.17. The van der Waals surface area contributed by atoms with Crippen molar-refractivity contribution in [2.24, 2.45) is 0 Å². The lowest BCUT2D eigenvalue weighted by molar-refractivity contribution is -0.121. The standard InChI is InChI=1S/C27H23FN2O4S/c1-33-16-20-7-9-22(10-8-20)26(32)34-17-25(31)30(15-19-5-3-2-4-6-19)27-29-24(18-35-27)21-11-13-23(28)14-12-21/h2-14,18H,15-17H2,1H3. The van der Waals surface area contributed by atoms with E-state index in [1.54, 1.807) is 48.9 Å². The summed E-state index contributed by atoms with van der Waals surface area (Å²) in [5.74, 6) is -1.33. The largest absolute Gasteiger partial charge is 0.452 e. The van der Waals surface area contributed by atoms with Gasteiger partial charge in [-0.25, -0.2) is 14.2 Å². The number of amides is 1. The lowest BCUT2D eigenvalue weighted by Gasteiger charge is -2.20. The Bertz CT molecular complexity index is 1270. The van der Waals surface area contributed by atoms with E-state index in [-0.39, 0.29) is 12.4 Å². The van der Waals surface area contributed by atoms with E-state index in [4.69, 9.17) is 9.47 Å². The van der Waals surface area contributed by atoms with Crippen molar-refractivity contribution in [3.05, 3.63) is 107 Å². The summed E-state index contributed by atoms with van der Waals surface area (Å²) in [6, 6.07) is 22.3. The van der Waals surface area contributed by atoms with E-state index in [0.29, 0.717) is 23.0 Å². The predicted octanol–water partition coefficient (Wildman–Crippen LogP) is 5.49. The highest BCUT2D eigenvalue weighted by atomic mass is 32.1. The molecule has 35 heavy (non-hydrogen) atoms. The van der Waals surface area contributed by atoms with Gasteiger partial charge >= 0.3 is 5.97 Å². The molecule has 0 N–H and O–H groups in total. The first-order valence-corrected chi connectivity index (χ1v) is 11.7. The smallest absolute Gasteiger partial charge is 0.338 e. The zero-order chi connectivity index (χ0) is 24.6. The van der Waals surface area contributed by atoms with Crippen molar-refractivity contribution in [3.63, 3.8) is 0 Å². The number of nitrogens with zero attached hydrogens (tertiary/aromatic N) is 2. The molecule has 6 nitrogen and oxygen atoms in total. The van der Waals surface area contributed by atoms with Gasteiger partial charge in [0.15, 0.2) is 11.7 Å². The molecule has 0 spiro atoms. The van der Waals surface area contributed by atoms with Gasteiger partial charge in [0.05, 0.1) is 24.4 Å². The molecule has 0 saturated carbocycles. The van der Waals surface area contributed by atoms with Crippen molar-refractivity contribution < 1.29 is 23.5 Å². The molecule has 0 aliphatic rings. The molecule has 1 heterocycles. The molecule has 0 aliphatic heterocycles. The molecule has 0 radical (unpaired) electrons. The first-order valence-electron chi connectivity index (χ1n) is 10.8. The number of esters is 1. The van der Waals surface area contributed by atoms with Gasteiger partial charge in [0, 0.05) is 18.1 Å². The average Bonchev–Trinajstić information content (AvgIpc) is 3.37. The fourth-order valence-electron chi connectivity index (χ4n) is 3.36. The number of carbonyl (C=O) groups is 2. The number of methoxy groups -OCH3 is 1. The summed E-state index contributed by atoms with van der Waals surface area (Å²) >= 11 is 1.29. The fourth-order valence-corrected chi connectivity index (χ4v) is 4.21. The number of benzene rings is 3. The van der Waals surface area contributed by atoms with Crippen LogP contribution in [0.4, 0.5) is 9.52 Å². The quantitative estimate of drug-likeness (QED) is 0.291. The molecule has 1 amide bonds. The van der Waals surface area contributed by atoms with Gasteiger partial charge in [-0.05, 0) is 47.5 Å². The number of thiazole rings is 1. The van der Waals surface area contributed by atoms with Crippen LogP contribution >= 0.6 is 11.3 Å². The maximum Gasteiger partial charge on any atom is 0.338 e. The topological polar surface area (TPSA) is 68.7 Å². The van der Waals surface area contributed by atoms with Crippen LogP contribution < -0.4 is 4.90 Å². The van der Waals surface area contributed by atoms with Crippen molar-refractivity contribution in [2.75, 3.05) is 18.6 Å². The zero-order valence-corrected chi connectivity index (χ0v) is 19.8. The molecule has 0 atom stereocenters. The highest BCUT2D eigenvalue weighted by Crippen LogP contribution is 2.29. The van der Waals surface area contributed by atoms with E-state index < -0.39 is 18.5 Å². The second kappa shape index (κ2) is 11.5. The zero-order valence-electron chi connectivity index (χ0n) is 19.0. The van der Waals surface area contributed by atoms with Crippen LogP contribution in [0.3, 0.4) is 0 Å². The normalized spacial score (nSPS) is 10.7. The minimum Gasteiger partial charge on any atom is -0.452 e. The highest BCUT2D eigenvalue weighted by molar-refractivity contribution is 7.14. The number of carbonyl (C=O) groups excluding carboxylic acids is 2. The van der Waals surface area contributed by atoms with Crippen molar-refractivity contribution in [1.29, 1.82) is 0 Å². The summed E-state index contributed by atoms with van der Waals surface area (Å²) in [6.07, 6.45) is 0. The van der Waals surface area contributed by atoms with Gasteiger partial charge in [0.25, 0.3) is 5.91 Å². The Labute approximate surface area is 206 Å². The number of hydrogen-bond acceptors (Lipinski definition) is 6. The summed E-state index contributed by atoms with van der Waals surface area (Å²) < 4.78 is 23.7. The second-order valence-corrected chi connectivity index (χ2v) is 8.53. The van der Waals surface area contributed by atoms with Gasteiger partial charge in [0.2, 0.25) is 0 Å². The number of halogens is 1. The van der Waals surface area contributed by atoms with Gasteiger partial charge < -0.3 is 9.47 Å². The first-order chi connectivity index (χ1) is 17.0. The van der Waals surface area contributed by atoms with E-state index in [1.807, 2.05) is 30.3 Å². The highest BCUT2D eigenvalue weighted by Gasteiger charge is 2.22. The molecule has 8 heteroatoms. The molecule has 0 fully saturated rings. The van der Waals surface area contributed by atoms with Crippen LogP contribution in [-0.2, 0) is 27.4 Å². The van der Waals surface area contributed by atoms with E-state index >= 15 is 0 Å². The second-order valence-electron chi connectivity index (χ2n) is 7.69. The van der Waals surface area contributed by atoms with Crippen LogP contribution in [0, 0.1) is 5.82 Å². The van der Waals surface area contributed by atoms with Crippen LogP contribution in [0.15, 0.2) is 84.2 Å². The molecule has 178 valence electrons. The van der Waals surface area contributed by atoms with Crippen LogP contribution in [0.1, 0.15) is 21.5 Å². The van der Waals surface area contributed by atoms with E-state index in [9.17, 15) is 14.0 Å². The monoisotopic (exact) mass is 490 g/mol. The summed E-state index contributed by atoms with van der Waals surface area (Å²) in [7, 11) is 1.60. The lowest BCUT2D eigenvalue weighted by Crippen LogP contribution is -2.34. The van der Waals surface area contributed by atoms with Gasteiger partial charge in [0.1, 0.15) is 5.82 Å². The van der Waals surface area contributed by atoms with E-state index in [1.165, 1.54) is 28.4 Å². The summed E-state index contributed by atoms with van der Waals surface area (Å²) in [5.41, 5.74) is 3.54.